The van der Waals surface area contributed by atoms with Crippen LogP contribution in [0.4, 0.5) is 4.39 Å². The number of carboxylic acids is 1. The Balaban J connectivity index is 1.50. The molecule has 2 fully saturated rings. The van der Waals surface area contributed by atoms with E-state index in [2.05, 4.69) is 0 Å². The van der Waals surface area contributed by atoms with Crippen molar-refractivity contribution in [3.8, 4) is 11.3 Å². The summed E-state index contributed by atoms with van der Waals surface area (Å²) in [6.45, 7) is 0. The molecule has 0 atom stereocenters. The number of hydrogen-bond donors (Lipinski definition) is 1. The molecule has 1 saturated heterocycles. The summed E-state index contributed by atoms with van der Waals surface area (Å²) >= 11 is 6.61. The van der Waals surface area contributed by atoms with Gasteiger partial charge in [-0.1, -0.05) is 36.1 Å². The quantitative estimate of drug-likeness (QED) is 0.547. The number of hydrogen-bond acceptors (Lipinski definition) is 5. The average Bonchev–Trinajstić information content (AvgIpc) is 3.27. The number of aliphatic carboxylic acids is 1. The molecule has 5 nitrogen and oxygen atoms in total. The largest absolute Gasteiger partial charge is 0.481 e. The van der Waals surface area contributed by atoms with Gasteiger partial charge >= 0.3 is 5.97 Å². The second kappa shape index (κ2) is 8.12. The molecule has 1 aliphatic carbocycles. The number of nitrogens with zero attached hydrogens (tertiary/aromatic N) is 1. The summed E-state index contributed by atoms with van der Waals surface area (Å²) in [6, 6.07) is 9.61. The van der Waals surface area contributed by atoms with E-state index in [9.17, 15) is 14.0 Å². The molecule has 2 aliphatic rings. The summed E-state index contributed by atoms with van der Waals surface area (Å²) in [4.78, 5) is 26.1. The van der Waals surface area contributed by atoms with Gasteiger partial charge in [0.15, 0.2) is 0 Å². The smallest absolute Gasteiger partial charge is 0.306 e. The number of benzene rings is 1. The molecule has 0 radical (unpaired) electrons. The highest BCUT2D eigenvalue weighted by Gasteiger charge is 2.39. The predicted molar refractivity (Wildman–Crippen MR) is 112 cm³/mol. The van der Waals surface area contributed by atoms with Crippen LogP contribution in [0.2, 0.25) is 0 Å². The third kappa shape index (κ3) is 4.00. The van der Waals surface area contributed by atoms with Gasteiger partial charge < -0.3 is 9.52 Å². The van der Waals surface area contributed by atoms with Crippen molar-refractivity contribution in [2.75, 3.05) is 0 Å². The molecule has 150 valence electrons. The molecule has 1 N–H and O–H groups in total. The fourth-order valence-electron chi connectivity index (χ4n) is 3.74. The standard InChI is InChI=1S/C21H18FNO4S2/c22-16-4-2-1-3-15(16)17-10-9-14(27-17)11-18-19(24)23(21(28)29-18)13-7-5-12(6-8-13)20(25)26/h1-4,9-13H,5-8H2,(H,25,26)/b18-11+. The molecular formula is C21H18FNO4S2. The minimum Gasteiger partial charge on any atom is -0.481 e. The molecule has 1 aliphatic heterocycles. The van der Waals surface area contributed by atoms with Crippen LogP contribution in [0.25, 0.3) is 17.4 Å². The maximum Gasteiger partial charge on any atom is 0.306 e. The van der Waals surface area contributed by atoms with Crippen LogP contribution in [-0.2, 0) is 9.59 Å². The highest BCUT2D eigenvalue weighted by molar-refractivity contribution is 8.26. The summed E-state index contributed by atoms with van der Waals surface area (Å²) in [5.41, 5.74) is 0.356. The van der Waals surface area contributed by atoms with Crippen molar-refractivity contribution in [1.29, 1.82) is 0 Å². The maximum absolute atomic E-state index is 13.9. The van der Waals surface area contributed by atoms with Crippen LogP contribution in [-0.4, -0.2) is 32.2 Å². The fraction of sp³-hybridized carbons (Fsp3) is 0.286. The molecule has 0 unspecified atom stereocenters. The molecule has 1 aromatic heterocycles. The van der Waals surface area contributed by atoms with Crippen LogP contribution < -0.4 is 0 Å². The van der Waals surface area contributed by atoms with Crippen LogP contribution in [0.1, 0.15) is 31.4 Å². The average molecular weight is 432 g/mol. The summed E-state index contributed by atoms with van der Waals surface area (Å²) in [6.07, 6.45) is 3.94. The lowest BCUT2D eigenvalue weighted by Gasteiger charge is -2.32. The zero-order valence-electron chi connectivity index (χ0n) is 15.3. The van der Waals surface area contributed by atoms with Gasteiger partial charge in [-0.25, -0.2) is 4.39 Å². The maximum atomic E-state index is 13.9. The zero-order valence-corrected chi connectivity index (χ0v) is 17.0. The van der Waals surface area contributed by atoms with Gasteiger partial charge in [0.05, 0.1) is 16.4 Å². The van der Waals surface area contributed by atoms with Crippen molar-refractivity contribution in [1.82, 2.24) is 4.90 Å². The molecular weight excluding hydrogens is 413 g/mol. The van der Waals surface area contributed by atoms with Crippen LogP contribution in [0.15, 0.2) is 45.7 Å². The van der Waals surface area contributed by atoms with Gasteiger partial charge in [0, 0.05) is 12.1 Å². The first-order chi connectivity index (χ1) is 13.9. The first kappa shape index (κ1) is 19.8. The number of halogens is 1. The summed E-state index contributed by atoms with van der Waals surface area (Å²) < 4.78 is 20.1. The summed E-state index contributed by atoms with van der Waals surface area (Å²) in [5, 5.41) is 9.15. The lowest BCUT2D eigenvalue weighted by molar-refractivity contribution is -0.143. The van der Waals surface area contributed by atoms with E-state index in [4.69, 9.17) is 21.7 Å². The molecule has 29 heavy (non-hydrogen) atoms. The van der Waals surface area contributed by atoms with E-state index in [0.717, 1.165) is 0 Å². The number of thiocarbonyl (C=S) groups is 1. The Bertz CT molecular complexity index is 1010. The Hall–Kier alpha value is -2.45. The van der Waals surface area contributed by atoms with Gasteiger partial charge in [-0.3, -0.25) is 14.5 Å². The first-order valence-electron chi connectivity index (χ1n) is 9.28. The molecule has 0 spiro atoms. The Morgan fingerprint density at radius 2 is 1.93 bits per heavy atom. The van der Waals surface area contributed by atoms with E-state index < -0.39 is 5.97 Å². The van der Waals surface area contributed by atoms with E-state index in [1.807, 2.05) is 0 Å². The van der Waals surface area contributed by atoms with Crippen LogP contribution >= 0.6 is 24.0 Å². The molecule has 2 aromatic rings. The number of carbonyl (C=O) groups is 2. The minimum absolute atomic E-state index is 0.0745. The molecule has 1 aromatic carbocycles. The lowest BCUT2D eigenvalue weighted by Crippen LogP contribution is -2.41. The molecule has 1 amide bonds. The third-order valence-electron chi connectivity index (χ3n) is 5.27. The molecule has 0 bridgehead atoms. The van der Waals surface area contributed by atoms with Gasteiger partial charge in [0.1, 0.15) is 21.7 Å². The van der Waals surface area contributed by atoms with Gasteiger partial charge in [0.2, 0.25) is 0 Å². The van der Waals surface area contributed by atoms with E-state index in [1.54, 1.807) is 41.3 Å². The van der Waals surface area contributed by atoms with Crippen molar-refractivity contribution >= 4 is 46.3 Å². The van der Waals surface area contributed by atoms with Crippen LogP contribution in [0.3, 0.4) is 0 Å². The molecule has 4 rings (SSSR count). The Kier molecular flexibility index (Phi) is 5.56. The van der Waals surface area contributed by atoms with Gasteiger partial charge in [-0.2, -0.15) is 0 Å². The Morgan fingerprint density at radius 1 is 1.21 bits per heavy atom. The minimum atomic E-state index is -0.780. The topological polar surface area (TPSA) is 70.8 Å². The fourth-order valence-corrected chi connectivity index (χ4v) is 5.12. The SMILES string of the molecule is O=C(O)C1CCC(N2C(=O)/C(=C\c3ccc(-c4ccccc4F)o3)SC2=S)CC1. The number of carbonyl (C=O) groups excluding carboxylic acids is 1. The second-order valence-corrected chi connectivity index (χ2v) is 8.75. The summed E-state index contributed by atoms with van der Waals surface area (Å²) in [5.74, 6) is -0.869. The van der Waals surface area contributed by atoms with Crippen LogP contribution in [0.5, 0.6) is 0 Å². The predicted octanol–water partition coefficient (Wildman–Crippen LogP) is 4.93. The normalized spacial score (nSPS) is 23.8. The Morgan fingerprint density at radius 3 is 2.62 bits per heavy atom. The van der Waals surface area contributed by atoms with Crippen LogP contribution in [0, 0.1) is 11.7 Å². The van der Waals surface area contributed by atoms with Crippen molar-refractivity contribution in [3.63, 3.8) is 0 Å². The van der Waals surface area contributed by atoms with E-state index >= 15 is 0 Å². The number of rotatable bonds is 4. The van der Waals surface area contributed by atoms with Crippen molar-refractivity contribution < 1.29 is 23.5 Å². The van der Waals surface area contributed by atoms with Gasteiger partial charge in [-0.15, -0.1) is 0 Å². The lowest BCUT2D eigenvalue weighted by atomic mass is 9.85. The number of amides is 1. The van der Waals surface area contributed by atoms with Crippen molar-refractivity contribution in [3.05, 3.63) is 52.9 Å². The highest BCUT2D eigenvalue weighted by atomic mass is 32.2. The number of thioether (sulfide) groups is 1. The number of furan rings is 1. The molecule has 1 saturated carbocycles. The zero-order chi connectivity index (χ0) is 20.5. The highest BCUT2D eigenvalue weighted by Crippen LogP contribution is 2.38. The van der Waals surface area contributed by atoms with E-state index in [0.29, 0.717) is 52.0 Å². The third-order valence-corrected chi connectivity index (χ3v) is 6.60. The monoisotopic (exact) mass is 431 g/mol. The molecule has 2 heterocycles. The van der Waals surface area contributed by atoms with E-state index in [-0.39, 0.29) is 23.7 Å². The van der Waals surface area contributed by atoms with Crippen molar-refractivity contribution in [2.45, 2.75) is 31.7 Å². The first-order valence-corrected chi connectivity index (χ1v) is 10.5. The summed E-state index contributed by atoms with van der Waals surface area (Å²) in [7, 11) is 0. The Labute approximate surface area is 176 Å². The van der Waals surface area contributed by atoms with E-state index in [1.165, 1.54) is 17.8 Å². The van der Waals surface area contributed by atoms with Gasteiger partial charge in [-0.05, 0) is 49.9 Å². The molecule has 8 heteroatoms. The van der Waals surface area contributed by atoms with Gasteiger partial charge in [0.25, 0.3) is 5.91 Å². The van der Waals surface area contributed by atoms with Crippen molar-refractivity contribution in [2.24, 2.45) is 5.92 Å². The second-order valence-electron chi connectivity index (χ2n) is 7.08. The number of carboxylic acid groups (broad SMARTS) is 1.